The van der Waals surface area contributed by atoms with Gasteiger partial charge in [0.2, 0.25) is 0 Å². The Kier molecular flexibility index (Phi) is 3.79. The van der Waals surface area contributed by atoms with Crippen molar-refractivity contribution in [1.82, 2.24) is 20.3 Å². The maximum atomic E-state index is 12.0. The summed E-state index contributed by atoms with van der Waals surface area (Å²) in [7, 11) is 0. The standard InChI is InChI=1S/C15H14N4OS/c1-10(18-14(20)12-3-2-6-17-12)15-19-13(9-21-15)11-4-7-16-8-5-11/h2-10,17H,1H3,(H,18,20)/t10-/m0/s1. The van der Waals surface area contributed by atoms with E-state index in [1.54, 1.807) is 30.7 Å². The lowest BCUT2D eigenvalue weighted by molar-refractivity contribution is 0.0935. The van der Waals surface area contributed by atoms with Gasteiger partial charge in [0.05, 0.1) is 11.7 Å². The summed E-state index contributed by atoms with van der Waals surface area (Å²) in [6, 6.07) is 7.24. The highest BCUT2D eigenvalue weighted by atomic mass is 32.1. The third kappa shape index (κ3) is 3.00. The molecule has 6 heteroatoms. The van der Waals surface area contributed by atoms with E-state index in [0.29, 0.717) is 5.69 Å². The number of aromatic amines is 1. The number of carbonyl (C=O) groups excluding carboxylic acids is 1. The molecule has 0 radical (unpaired) electrons. The van der Waals surface area contributed by atoms with Crippen molar-refractivity contribution in [2.75, 3.05) is 0 Å². The molecule has 2 N–H and O–H groups in total. The van der Waals surface area contributed by atoms with E-state index in [0.717, 1.165) is 16.3 Å². The molecule has 0 saturated carbocycles. The second-order valence-corrected chi connectivity index (χ2v) is 5.48. The number of amides is 1. The molecule has 3 heterocycles. The normalized spacial score (nSPS) is 12.0. The SMILES string of the molecule is C[C@H](NC(=O)c1ccc[nH]1)c1nc(-c2ccncc2)cs1. The number of hydrogen-bond donors (Lipinski definition) is 2. The van der Waals surface area contributed by atoms with Crippen LogP contribution in [0.2, 0.25) is 0 Å². The Hall–Kier alpha value is -2.47. The Labute approximate surface area is 126 Å². The Morgan fingerprint density at radius 2 is 2.14 bits per heavy atom. The van der Waals surface area contributed by atoms with Crippen LogP contribution in [0.15, 0.2) is 48.2 Å². The Balaban J connectivity index is 1.73. The number of hydrogen-bond acceptors (Lipinski definition) is 4. The zero-order valence-corrected chi connectivity index (χ0v) is 12.2. The maximum absolute atomic E-state index is 12.0. The van der Waals surface area contributed by atoms with Gasteiger partial charge in [-0.25, -0.2) is 4.98 Å². The summed E-state index contributed by atoms with van der Waals surface area (Å²) in [4.78, 5) is 23.5. The van der Waals surface area contributed by atoms with Crippen LogP contribution in [0.1, 0.15) is 28.5 Å². The fraction of sp³-hybridized carbons (Fsp3) is 0.133. The van der Waals surface area contributed by atoms with Crippen LogP contribution in [0.25, 0.3) is 11.3 Å². The van der Waals surface area contributed by atoms with Crippen molar-refractivity contribution < 1.29 is 4.79 Å². The molecule has 3 rings (SSSR count). The van der Waals surface area contributed by atoms with E-state index in [1.165, 1.54) is 11.3 Å². The average molecular weight is 298 g/mol. The van der Waals surface area contributed by atoms with Crippen molar-refractivity contribution in [1.29, 1.82) is 0 Å². The molecule has 1 amide bonds. The highest BCUT2D eigenvalue weighted by molar-refractivity contribution is 7.10. The summed E-state index contributed by atoms with van der Waals surface area (Å²) >= 11 is 1.54. The molecule has 5 nitrogen and oxygen atoms in total. The molecule has 0 bridgehead atoms. The van der Waals surface area contributed by atoms with Crippen molar-refractivity contribution in [3.8, 4) is 11.3 Å². The van der Waals surface area contributed by atoms with Crippen molar-refractivity contribution in [2.24, 2.45) is 0 Å². The summed E-state index contributed by atoms with van der Waals surface area (Å²) < 4.78 is 0. The van der Waals surface area contributed by atoms with E-state index < -0.39 is 0 Å². The van der Waals surface area contributed by atoms with Gasteiger partial charge in [-0.3, -0.25) is 9.78 Å². The first-order valence-corrected chi connectivity index (χ1v) is 7.42. The van der Waals surface area contributed by atoms with Gasteiger partial charge in [-0.05, 0) is 31.2 Å². The van der Waals surface area contributed by atoms with E-state index in [2.05, 4.69) is 20.3 Å². The minimum atomic E-state index is -0.138. The Bertz CT molecular complexity index is 721. The molecule has 3 aromatic heterocycles. The lowest BCUT2D eigenvalue weighted by atomic mass is 10.2. The third-order valence-corrected chi connectivity index (χ3v) is 4.09. The van der Waals surface area contributed by atoms with Gasteiger partial charge < -0.3 is 10.3 Å². The summed E-state index contributed by atoms with van der Waals surface area (Å²) in [5.41, 5.74) is 2.47. The van der Waals surface area contributed by atoms with E-state index >= 15 is 0 Å². The molecule has 0 aromatic carbocycles. The number of aromatic nitrogens is 3. The third-order valence-electron chi connectivity index (χ3n) is 3.06. The molecule has 0 fully saturated rings. The van der Waals surface area contributed by atoms with Gasteiger partial charge in [0.15, 0.2) is 0 Å². The van der Waals surface area contributed by atoms with Crippen molar-refractivity contribution in [3.05, 3.63) is 58.9 Å². The highest BCUT2D eigenvalue weighted by Gasteiger charge is 2.15. The second-order valence-electron chi connectivity index (χ2n) is 4.59. The van der Waals surface area contributed by atoms with Gasteiger partial charge in [0.25, 0.3) is 5.91 Å². The Morgan fingerprint density at radius 1 is 1.33 bits per heavy atom. The molecule has 0 aliphatic heterocycles. The average Bonchev–Trinajstić information content (AvgIpc) is 3.20. The van der Waals surface area contributed by atoms with Crippen LogP contribution in [0.3, 0.4) is 0 Å². The lowest BCUT2D eigenvalue weighted by Crippen LogP contribution is -2.26. The van der Waals surface area contributed by atoms with E-state index in [1.807, 2.05) is 24.4 Å². The molecule has 1 atom stereocenters. The van der Waals surface area contributed by atoms with Gasteiger partial charge in [0, 0.05) is 29.5 Å². The van der Waals surface area contributed by atoms with E-state index in [4.69, 9.17) is 0 Å². The number of thiazole rings is 1. The van der Waals surface area contributed by atoms with Gasteiger partial charge in [-0.1, -0.05) is 0 Å². The quantitative estimate of drug-likeness (QED) is 0.777. The highest BCUT2D eigenvalue weighted by Crippen LogP contribution is 2.25. The molecule has 21 heavy (non-hydrogen) atoms. The van der Waals surface area contributed by atoms with Crippen LogP contribution in [0.5, 0.6) is 0 Å². The minimum absolute atomic E-state index is 0.131. The van der Waals surface area contributed by atoms with Crippen LogP contribution < -0.4 is 5.32 Å². The molecule has 0 unspecified atom stereocenters. The smallest absolute Gasteiger partial charge is 0.268 e. The molecule has 0 aliphatic rings. The predicted octanol–water partition coefficient (Wildman–Crippen LogP) is 3.02. The Morgan fingerprint density at radius 3 is 2.86 bits per heavy atom. The van der Waals surface area contributed by atoms with E-state index in [9.17, 15) is 4.79 Å². The molecule has 0 saturated heterocycles. The van der Waals surface area contributed by atoms with Gasteiger partial charge in [-0.15, -0.1) is 11.3 Å². The van der Waals surface area contributed by atoms with E-state index in [-0.39, 0.29) is 11.9 Å². The molecule has 106 valence electrons. The molecular formula is C15H14N4OS. The molecule has 0 spiro atoms. The zero-order chi connectivity index (χ0) is 14.7. The van der Waals surface area contributed by atoms with Crippen LogP contribution in [-0.2, 0) is 0 Å². The maximum Gasteiger partial charge on any atom is 0.268 e. The molecule has 0 aliphatic carbocycles. The summed E-state index contributed by atoms with van der Waals surface area (Å²) in [6.45, 7) is 1.93. The van der Waals surface area contributed by atoms with Crippen LogP contribution in [-0.4, -0.2) is 20.9 Å². The lowest BCUT2D eigenvalue weighted by Gasteiger charge is -2.10. The number of nitrogens with zero attached hydrogens (tertiary/aromatic N) is 2. The predicted molar refractivity (Wildman–Crippen MR) is 82.0 cm³/mol. The first-order valence-electron chi connectivity index (χ1n) is 6.54. The van der Waals surface area contributed by atoms with Gasteiger partial charge in [-0.2, -0.15) is 0 Å². The van der Waals surface area contributed by atoms with Crippen LogP contribution in [0.4, 0.5) is 0 Å². The topological polar surface area (TPSA) is 70.7 Å². The molecule has 3 aromatic rings. The summed E-state index contributed by atoms with van der Waals surface area (Å²) in [5, 5.41) is 5.79. The van der Waals surface area contributed by atoms with Crippen molar-refractivity contribution >= 4 is 17.2 Å². The van der Waals surface area contributed by atoms with Crippen LogP contribution >= 0.6 is 11.3 Å². The van der Waals surface area contributed by atoms with Crippen molar-refractivity contribution in [3.63, 3.8) is 0 Å². The summed E-state index contributed by atoms with van der Waals surface area (Å²) in [5.74, 6) is -0.131. The fourth-order valence-electron chi connectivity index (χ4n) is 1.95. The van der Waals surface area contributed by atoms with Gasteiger partial charge >= 0.3 is 0 Å². The first kappa shape index (κ1) is 13.5. The largest absolute Gasteiger partial charge is 0.357 e. The number of rotatable bonds is 4. The van der Waals surface area contributed by atoms with Crippen LogP contribution in [0, 0.1) is 0 Å². The first-order chi connectivity index (χ1) is 10.2. The zero-order valence-electron chi connectivity index (χ0n) is 11.4. The van der Waals surface area contributed by atoms with Gasteiger partial charge in [0.1, 0.15) is 10.7 Å². The molecular weight excluding hydrogens is 284 g/mol. The number of carbonyl (C=O) groups is 1. The monoisotopic (exact) mass is 298 g/mol. The summed E-state index contributed by atoms with van der Waals surface area (Å²) in [6.07, 6.45) is 5.21. The minimum Gasteiger partial charge on any atom is -0.357 e. The fourth-order valence-corrected chi connectivity index (χ4v) is 2.78. The number of pyridine rings is 1. The number of H-pyrrole nitrogens is 1. The second kappa shape index (κ2) is 5.88. The number of nitrogens with one attached hydrogen (secondary N) is 2. The van der Waals surface area contributed by atoms with Crippen molar-refractivity contribution in [2.45, 2.75) is 13.0 Å².